The fourth-order valence-electron chi connectivity index (χ4n) is 1.68. The molecule has 0 aliphatic rings. The number of hydrogen-bond acceptors (Lipinski definition) is 2. The van der Waals surface area contributed by atoms with E-state index in [0.29, 0.717) is 12.1 Å². The van der Waals surface area contributed by atoms with Crippen LogP contribution < -0.4 is 5.32 Å². The summed E-state index contributed by atoms with van der Waals surface area (Å²) in [4.78, 5) is 0. The number of nitrogens with zero attached hydrogens (tertiary/aromatic N) is 1. The highest BCUT2D eigenvalue weighted by Crippen LogP contribution is 2.19. The summed E-state index contributed by atoms with van der Waals surface area (Å²) in [5.41, 5.74) is 1.87. The molecule has 0 fully saturated rings. The van der Waals surface area contributed by atoms with Gasteiger partial charge in [0, 0.05) is 12.6 Å². The molecule has 0 aliphatic heterocycles. The maximum absolute atomic E-state index is 13.6. The van der Waals surface area contributed by atoms with Gasteiger partial charge >= 0.3 is 0 Å². The van der Waals surface area contributed by atoms with Crippen molar-refractivity contribution in [2.75, 3.05) is 5.32 Å². The molecule has 2 aromatic rings. The van der Waals surface area contributed by atoms with Crippen LogP contribution in [0.15, 0.2) is 36.4 Å². The van der Waals surface area contributed by atoms with E-state index in [1.54, 1.807) is 24.3 Å². The van der Waals surface area contributed by atoms with Crippen LogP contribution in [0.4, 0.5) is 14.5 Å². The first-order valence-corrected chi connectivity index (χ1v) is 5.78. The molecule has 0 heterocycles. The molecule has 2 nitrogen and oxygen atoms in total. The van der Waals surface area contributed by atoms with E-state index in [2.05, 4.69) is 5.32 Å². The molecule has 0 bridgehead atoms. The summed E-state index contributed by atoms with van der Waals surface area (Å²) in [6.45, 7) is 1.88. The summed E-state index contributed by atoms with van der Waals surface area (Å²) in [6.07, 6.45) is 0. The summed E-state index contributed by atoms with van der Waals surface area (Å²) >= 11 is 0. The number of anilines is 1. The molecule has 0 aliphatic carbocycles. The molecule has 2 rings (SSSR count). The zero-order valence-electron chi connectivity index (χ0n) is 10.4. The van der Waals surface area contributed by atoms with E-state index in [9.17, 15) is 8.78 Å². The second-order valence-electron chi connectivity index (χ2n) is 4.24. The van der Waals surface area contributed by atoms with E-state index in [1.807, 2.05) is 6.07 Å². The predicted molar refractivity (Wildman–Crippen MR) is 69.6 cm³/mol. The smallest absolute Gasteiger partial charge is 0.146 e. The number of nitriles is 1. The maximum Gasteiger partial charge on any atom is 0.146 e. The van der Waals surface area contributed by atoms with Crippen LogP contribution in [0.3, 0.4) is 0 Å². The minimum atomic E-state index is -0.479. The molecule has 0 amide bonds. The van der Waals surface area contributed by atoms with E-state index in [-0.39, 0.29) is 11.3 Å². The lowest BCUT2D eigenvalue weighted by Crippen LogP contribution is -2.02. The van der Waals surface area contributed by atoms with Crippen molar-refractivity contribution >= 4 is 5.69 Å². The zero-order chi connectivity index (χ0) is 13.8. The topological polar surface area (TPSA) is 35.8 Å². The second kappa shape index (κ2) is 5.49. The van der Waals surface area contributed by atoms with Gasteiger partial charge in [-0.15, -0.1) is 0 Å². The Morgan fingerprint density at radius 1 is 1.11 bits per heavy atom. The fraction of sp³-hybridized carbons (Fsp3) is 0.133. The molecule has 0 atom stereocenters. The Balaban J connectivity index is 2.10. The molecule has 0 spiro atoms. The van der Waals surface area contributed by atoms with Crippen LogP contribution in [-0.2, 0) is 6.54 Å². The molecule has 96 valence electrons. The number of benzene rings is 2. The summed E-state index contributed by atoms with van der Waals surface area (Å²) < 4.78 is 26.9. The van der Waals surface area contributed by atoms with Gasteiger partial charge in [-0.2, -0.15) is 5.26 Å². The minimum absolute atomic E-state index is 0.132. The monoisotopic (exact) mass is 258 g/mol. The van der Waals surface area contributed by atoms with Gasteiger partial charge in [0.05, 0.1) is 17.3 Å². The maximum atomic E-state index is 13.6. The first-order chi connectivity index (χ1) is 9.10. The Bertz CT molecular complexity index is 628. The SMILES string of the molecule is Cc1cc(F)c(NCc2ccc(C#N)cc2)cc1F. The van der Waals surface area contributed by atoms with Crippen molar-refractivity contribution in [1.29, 1.82) is 5.26 Å². The van der Waals surface area contributed by atoms with Crippen molar-refractivity contribution in [3.05, 3.63) is 64.7 Å². The Hall–Kier alpha value is -2.41. The third-order valence-corrected chi connectivity index (χ3v) is 2.81. The molecule has 4 heteroatoms. The van der Waals surface area contributed by atoms with E-state index < -0.39 is 11.6 Å². The van der Waals surface area contributed by atoms with Gasteiger partial charge in [0.15, 0.2) is 0 Å². The van der Waals surface area contributed by atoms with E-state index in [4.69, 9.17) is 5.26 Å². The first kappa shape index (κ1) is 13.0. The molecule has 0 saturated heterocycles. The molecule has 0 unspecified atom stereocenters. The number of halogens is 2. The average molecular weight is 258 g/mol. The predicted octanol–water partition coefficient (Wildman–Crippen LogP) is 3.76. The van der Waals surface area contributed by atoms with Crippen LogP contribution in [0, 0.1) is 29.9 Å². The summed E-state index contributed by atoms with van der Waals surface area (Å²) in [6, 6.07) is 11.2. The molecular formula is C15H12F2N2. The van der Waals surface area contributed by atoms with Crippen LogP contribution in [0.25, 0.3) is 0 Å². The van der Waals surface area contributed by atoms with E-state index >= 15 is 0 Å². The number of rotatable bonds is 3. The third kappa shape index (κ3) is 3.08. The lowest BCUT2D eigenvalue weighted by atomic mass is 10.1. The standard InChI is InChI=1S/C15H12F2N2/c1-10-6-14(17)15(7-13(10)16)19-9-12-4-2-11(8-18)3-5-12/h2-7,19H,9H2,1H3. The molecule has 19 heavy (non-hydrogen) atoms. The van der Waals surface area contributed by atoms with Crippen molar-refractivity contribution in [2.45, 2.75) is 13.5 Å². The van der Waals surface area contributed by atoms with Gasteiger partial charge in [0.1, 0.15) is 11.6 Å². The van der Waals surface area contributed by atoms with Gasteiger partial charge in [-0.25, -0.2) is 8.78 Å². The van der Waals surface area contributed by atoms with Gasteiger partial charge in [-0.1, -0.05) is 12.1 Å². The van der Waals surface area contributed by atoms with Gasteiger partial charge in [0.2, 0.25) is 0 Å². The Labute approximate surface area is 110 Å². The van der Waals surface area contributed by atoms with Crippen molar-refractivity contribution in [3.63, 3.8) is 0 Å². The van der Waals surface area contributed by atoms with Crippen LogP contribution in [-0.4, -0.2) is 0 Å². The molecule has 0 radical (unpaired) electrons. The number of nitrogens with one attached hydrogen (secondary N) is 1. The molecule has 2 aromatic carbocycles. The lowest BCUT2D eigenvalue weighted by molar-refractivity contribution is 0.594. The van der Waals surface area contributed by atoms with Gasteiger partial charge in [0.25, 0.3) is 0 Å². The first-order valence-electron chi connectivity index (χ1n) is 5.78. The van der Waals surface area contributed by atoms with E-state index in [0.717, 1.165) is 17.7 Å². The van der Waals surface area contributed by atoms with Crippen molar-refractivity contribution in [1.82, 2.24) is 0 Å². The third-order valence-electron chi connectivity index (χ3n) is 2.81. The highest BCUT2D eigenvalue weighted by atomic mass is 19.1. The molecule has 1 N–H and O–H groups in total. The van der Waals surface area contributed by atoms with Crippen molar-refractivity contribution in [2.24, 2.45) is 0 Å². The lowest BCUT2D eigenvalue weighted by Gasteiger charge is -2.09. The molecule has 0 aromatic heterocycles. The van der Waals surface area contributed by atoms with Crippen molar-refractivity contribution in [3.8, 4) is 6.07 Å². The normalized spacial score (nSPS) is 10.0. The van der Waals surface area contributed by atoms with Gasteiger partial charge < -0.3 is 5.32 Å². The number of aryl methyl sites for hydroxylation is 1. The second-order valence-corrected chi connectivity index (χ2v) is 4.24. The fourth-order valence-corrected chi connectivity index (χ4v) is 1.68. The Morgan fingerprint density at radius 3 is 2.42 bits per heavy atom. The van der Waals surface area contributed by atoms with Gasteiger partial charge in [-0.05, 0) is 36.2 Å². The highest BCUT2D eigenvalue weighted by Gasteiger charge is 2.06. The molecular weight excluding hydrogens is 246 g/mol. The largest absolute Gasteiger partial charge is 0.379 e. The Kier molecular flexibility index (Phi) is 3.76. The summed E-state index contributed by atoms with van der Waals surface area (Å²) in [5, 5.41) is 11.5. The summed E-state index contributed by atoms with van der Waals surface area (Å²) in [5.74, 6) is -0.920. The van der Waals surface area contributed by atoms with Crippen LogP contribution >= 0.6 is 0 Å². The zero-order valence-corrected chi connectivity index (χ0v) is 10.4. The van der Waals surface area contributed by atoms with Crippen LogP contribution in [0.1, 0.15) is 16.7 Å². The average Bonchev–Trinajstić information content (AvgIpc) is 2.42. The number of hydrogen-bond donors (Lipinski definition) is 1. The Morgan fingerprint density at radius 2 is 1.79 bits per heavy atom. The quantitative estimate of drug-likeness (QED) is 0.909. The van der Waals surface area contributed by atoms with Crippen molar-refractivity contribution < 1.29 is 8.78 Å². The van der Waals surface area contributed by atoms with Crippen LogP contribution in [0.2, 0.25) is 0 Å². The highest BCUT2D eigenvalue weighted by molar-refractivity contribution is 5.47. The van der Waals surface area contributed by atoms with Crippen LogP contribution in [0.5, 0.6) is 0 Å². The van der Waals surface area contributed by atoms with Gasteiger partial charge in [-0.3, -0.25) is 0 Å². The van der Waals surface area contributed by atoms with E-state index in [1.165, 1.54) is 6.92 Å². The summed E-state index contributed by atoms with van der Waals surface area (Å²) in [7, 11) is 0. The minimum Gasteiger partial charge on any atom is -0.379 e. The molecule has 0 saturated carbocycles.